The number of carbonyl (C=O) groups is 1. The molecule has 2 aromatic rings. The van der Waals surface area contributed by atoms with Crippen LogP contribution in [0, 0.1) is 11.6 Å². The van der Waals surface area contributed by atoms with Gasteiger partial charge in [-0.2, -0.15) is 0 Å². The molecule has 126 valence electrons. The van der Waals surface area contributed by atoms with E-state index < -0.39 is 17.7 Å². The molecule has 4 nitrogen and oxygen atoms in total. The molecule has 0 aromatic heterocycles. The quantitative estimate of drug-likeness (QED) is 0.864. The van der Waals surface area contributed by atoms with Crippen molar-refractivity contribution in [1.82, 2.24) is 0 Å². The van der Waals surface area contributed by atoms with Crippen molar-refractivity contribution in [2.75, 3.05) is 24.7 Å². The Labute approximate surface area is 138 Å². The largest absolute Gasteiger partial charge is 0.376 e. The van der Waals surface area contributed by atoms with Gasteiger partial charge in [0.25, 0.3) is 5.91 Å². The second kappa shape index (κ2) is 7.51. The molecule has 1 aliphatic heterocycles. The van der Waals surface area contributed by atoms with Crippen LogP contribution < -0.4 is 4.90 Å². The smallest absolute Gasteiger partial charge is 0.258 e. The molecule has 2 aromatic carbocycles. The van der Waals surface area contributed by atoms with Gasteiger partial charge in [-0.05, 0) is 30.3 Å². The summed E-state index contributed by atoms with van der Waals surface area (Å²) < 4.78 is 37.9. The van der Waals surface area contributed by atoms with Crippen LogP contribution in [0.3, 0.4) is 0 Å². The van der Waals surface area contributed by atoms with Gasteiger partial charge in [-0.1, -0.05) is 18.2 Å². The van der Waals surface area contributed by atoms with Crippen LogP contribution in [0.15, 0.2) is 48.5 Å². The fraction of sp³-hybridized carbons (Fsp3) is 0.278. The lowest BCUT2D eigenvalue weighted by atomic mass is 10.1. The number of anilines is 1. The van der Waals surface area contributed by atoms with Gasteiger partial charge in [0.1, 0.15) is 11.6 Å². The van der Waals surface area contributed by atoms with E-state index in [-0.39, 0.29) is 19.1 Å². The van der Waals surface area contributed by atoms with Crippen LogP contribution in [0.1, 0.15) is 5.56 Å². The predicted octanol–water partition coefficient (Wildman–Crippen LogP) is 2.91. The molecule has 0 saturated carbocycles. The van der Waals surface area contributed by atoms with Gasteiger partial charge < -0.3 is 14.4 Å². The summed E-state index contributed by atoms with van der Waals surface area (Å²) in [6, 6.07) is 11.7. The zero-order valence-electron chi connectivity index (χ0n) is 13.0. The summed E-state index contributed by atoms with van der Waals surface area (Å²) in [5.41, 5.74) is 0.839. The maximum atomic E-state index is 14.0. The van der Waals surface area contributed by atoms with E-state index in [2.05, 4.69) is 0 Å². The summed E-state index contributed by atoms with van der Waals surface area (Å²) in [4.78, 5) is 14.2. The van der Waals surface area contributed by atoms with Gasteiger partial charge in [0.15, 0.2) is 6.10 Å². The molecule has 0 unspecified atom stereocenters. The van der Waals surface area contributed by atoms with E-state index >= 15 is 0 Å². The number of hydrogen-bond acceptors (Lipinski definition) is 3. The molecule has 1 atom stereocenters. The first-order valence-corrected chi connectivity index (χ1v) is 7.65. The highest BCUT2D eigenvalue weighted by molar-refractivity contribution is 5.96. The van der Waals surface area contributed by atoms with Crippen LogP contribution in [0.5, 0.6) is 0 Å². The maximum Gasteiger partial charge on any atom is 0.258 e. The van der Waals surface area contributed by atoms with Gasteiger partial charge >= 0.3 is 0 Å². The molecule has 1 heterocycles. The van der Waals surface area contributed by atoms with Crippen molar-refractivity contribution in [3.05, 3.63) is 65.7 Å². The highest BCUT2D eigenvalue weighted by atomic mass is 19.1. The van der Waals surface area contributed by atoms with E-state index in [4.69, 9.17) is 9.47 Å². The summed E-state index contributed by atoms with van der Waals surface area (Å²) in [5.74, 6) is -1.16. The van der Waals surface area contributed by atoms with Crippen LogP contribution in [0.2, 0.25) is 0 Å². The standard InChI is InChI=1S/C18H17F2NO3/c19-14-5-7-15(8-6-14)21(11-13-3-1-2-4-16(13)20)18(22)17-12-23-9-10-24-17/h1-8,17H,9-12H2/t17-/m1/s1. The normalized spacial score (nSPS) is 17.5. The minimum absolute atomic E-state index is 0.0248. The Morgan fingerprint density at radius 1 is 1.08 bits per heavy atom. The third-order valence-electron chi connectivity index (χ3n) is 3.78. The van der Waals surface area contributed by atoms with E-state index in [1.165, 1.54) is 35.2 Å². The lowest BCUT2D eigenvalue weighted by Gasteiger charge is -2.29. The van der Waals surface area contributed by atoms with Crippen molar-refractivity contribution in [1.29, 1.82) is 0 Å². The number of rotatable bonds is 4. The SMILES string of the molecule is O=C([C@H]1COCCO1)N(Cc1ccccc1F)c1ccc(F)cc1. The van der Waals surface area contributed by atoms with Gasteiger partial charge in [0.05, 0.1) is 26.4 Å². The van der Waals surface area contributed by atoms with Crippen molar-refractivity contribution in [2.24, 2.45) is 0 Å². The maximum absolute atomic E-state index is 14.0. The first kappa shape index (κ1) is 16.5. The summed E-state index contributed by atoms with van der Waals surface area (Å²) in [6.07, 6.45) is -0.754. The summed E-state index contributed by atoms with van der Waals surface area (Å²) in [7, 11) is 0. The van der Waals surface area contributed by atoms with Crippen molar-refractivity contribution >= 4 is 11.6 Å². The Balaban J connectivity index is 1.89. The average Bonchev–Trinajstić information content (AvgIpc) is 2.62. The Kier molecular flexibility index (Phi) is 5.17. The Morgan fingerprint density at radius 3 is 2.50 bits per heavy atom. The highest BCUT2D eigenvalue weighted by Gasteiger charge is 2.29. The van der Waals surface area contributed by atoms with E-state index in [1.54, 1.807) is 18.2 Å². The van der Waals surface area contributed by atoms with E-state index in [0.717, 1.165) is 0 Å². The van der Waals surface area contributed by atoms with E-state index in [1.807, 2.05) is 0 Å². The molecule has 0 N–H and O–H groups in total. The molecule has 0 bridgehead atoms. The Bertz CT molecular complexity index is 700. The first-order valence-electron chi connectivity index (χ1n) is 7.65. The molecule has 1 saturated heterocycles. The van der Waals surface area contributed by atoms with Crippen LogP contribution in [-0.4, -0.2) is 31.8 Å². The third-order valence-corrected chi connectivity index (χ3v) is 3.78. The van der Waals surface area contributed by atoms with Crippen LogP contribution in [0.25, 0.3) is 0 Å². The molecule has 1 aliphatic rings. The van der Waals surface area contributed by atoms with E-state index in [9.17, 15) is 13.6 Å². The molecule has 0 aliphatic carbocycles. The number of hydrogen-bond donors (Lipinski definition) is 0. The van der Waals surface area contributed by atoms with E-state index in [0.29, 0.717) is 24.5 Å². The monoisotopic (exact) mass is 333 g/mol. The molecular formula is C18H17F2NO3. The minimum Gasteiger partial charge on any atom is -0.376 e. The number of ether oxygens (including phenoxy) is 2. The molecule has 0 spiro atoms. The van der Waals surface area contributed by atoms with Gasteiger partial charge in [-0.15, -0.1) is 0 Å². The zero-order valence-corrected chi connectivity index (χ0v) is 13.0. The van der Waals surface area contributed by atoms with Crippen molar-refractivity contribution in [3.63, 3.8) is 0 Å². The second-order valence-corrected chi connectivity index (χ2v) is 5.43. The Hall–Kier alpha value is -2.31. The second-order valence-electron chi connectivity index (χ2n) is 5.43. The van der Waals surface area contributed by atoms with Crippen LogP contribution >= 0.6 is 0 Å². The van der Waals surface area contributed by atoms with Gasteiger partial charge in [0.2, 0.25) is 0 Å². The van der Waals surface area contributed by atoms with Gasteiger partial charge in [-0.25, -0.2) is 8.78 Å². The summed E-state index contributed by atoms with van der Waals surface area (Å²) in [5, 5.41) is 0. The molecule has 0 radical (unpaired) electrons. The molecular weight excluding hydrogens is 316 g/mol. The minimum atomic E-state index is -0.754. The van der Waals surface area contributed by atoms with Gasteiger partial charge in [-0.3, -0.25) is 4.79 Å². The first-order chi connectivity index (χ1) is 11.6. The fourth-order valence-electron chi connectivity index (χ4n) is 2.52. The fourth-order valence-corrected chi connectivity index (χ4v) is 2.52. The van der Waals surface area contributed by atoms with Crippen LogP contribution in [0.4, 0.5) is 14.5 Å². The molecule has 3 rings (SSSR count). The molecule has 1 fully saturated rings. The van der Waals surface area contributed by atoms with Gasteiger partial charge in [0, 0.05) is 11.3 Å². The molecule has 1 amide bonds. The average molecular weight is 333 g/mol. The molecule has 6 heteroatoms. The number of halogens is 2. The number of benzene rings is 2. The number of carbonyl (C=O) groups excluding carboxylic acids is 1. The Morgan fingerprint density at radius 2 is 1.83 bits per heavy atom. The highest BCUT2D eigenvalue weighted by Crippen LogP contribution is 2.21. The van der Waals surface area contributed by atoms with Crippen molar-refractivity contribution in [2.45, 2.75) is 12.6 Å². The number of amides is 1. The lowest BCUT2D eigenvalue weighted by molar-refractivity contribution is -0.144. The van der Waals surface area contributed by atoms with Crippen molar-refractivity contribution in [3.8, 4) is 0 Å². The topological polar surface area (TPSA) is 38.8 Å². The number of nitrogens with zero attached hydrogens (tertiary/aromatic N) is 1. The zero-order chi connectivity index (χ0) is 16.9. The van der Waals surface area contributed by atoms with Crippen LogP contribution in [-0.2, 0) is 20.8 Å². The predicted molar refractivity (Wildman–Crippen MR) is 84.5 cm³/mol. The third kappa shape index (κ3) is 3.77. The summed E-state index contributed by atoms with van der Waals surface area (Å²) >= 11 is 0. The molecule has 24 heavy (non-hydrogen) atoms. The summed E-state index contributed by atoms with van der Waals surface area (Å²) in [6.45, 7) is 0.936. The van der Waals surface area contributed by atoms with Crippen molar-refractivity contribution < 1.29 is 23.0 Å². The lowest BCUT2D eigenvalue weighted by Crippen LogP contribution is -2.45.